The zero-order valence-electron chi connectivity index (χ0n) is 11.8. The van der Waals surface area contributed by atoms with Gasteiger partial charge in [0, 0.05) is 18.3 Å². The largest absolute Gasteiger partial charge is 0.496 e. The van der Waals surface area contributed by atoms with E-state index in [0.717, 1.165) is 36.4 Å². The van der Waals surface area contributed by atoms with E-state index in [2.05, 4.69) is 17.6 Å². The summed E-state index contributed by atoms with van der Waals surface area (Å²) in [7, 11) is 1.65. The molecule has 19 heavy (non-hydrogen) atoms. The van der Waals surface area contributed by atoms with Crippen LogP contribution in [0, 0.1) is 12.8 Å². The smallest absolute Gasteiger partial charge is 0.228 e. The molecule has 0 spiro atoms. The quantitative estimate of drug-likeness (QED) is 0.879. The summed E-state index contributed by atoms with van der Waals surface area (Å²) in [6.45, 7) is 4.89. The average molecular weight is 262 g/mol. The molecule has 1 aliphatic rings. The van der Waals surface area contributed by atoms with E-state index in [1.807, 2.05) is 25.1 Å². The van der Waals surface area contributed by atoms with E-state index in [4.69, 9.17) is 4.74 Å². The highest BCUT2D eigenvalue weighted by atomic mass is 16.5. The molecule has 1 aromatic rings. The van der Waals surface area contributed by atoms with Gasteiger partial charge in [0.25, 0.3) is 0 Å². The van der Waals surface area contributed by atoms with Crippen molar-refractivity contribution in [3.05, 3.63) is 23.8 Å². The van der Waals surface area contributed by atoms with Crippen molar-refractivity contribution in [3.8, 4) is 5.75 Å². The summed E-state index contributed by atoms with van der Waals surface area (Å²) < 4.78 is 5.21. The van der Waals surface area contributed by atoms with Gasteiger partial charge in [-0.1, -0.05) is 0 Å². The highest BCUT2D eigenvalue weighted by molar-refractivity contribution is 5.93. The number of methoxy groups -OCH3 is 1. The van der Waals surface area contributed by atoms with Gasteiger partial charge in [-0.15, -0.1) is 0 Å². The summed E-state index contributed by atoms with van der Waals surface area (Å²) in [5, 5.41) is 6.33. The molecule has 1 saturated heterocycles. The van der Waals surface area contributed by atoms with Crippen LogP contribution in [0.1, 0.15) is 25.3 Å². The van der Waals surface area contributed by atoms with Crippen LogP contribution >= 0.6 is 0 Å². The number of hydrogen-bond donors (Lipinski definition) is 2. The van der Waals surface area contributed by atoms with Crippen molar-refractivity contribution in [1.82, 2.24) is 5.32 Å². The molecular weight excluding hydrogens is 240 g/mol. The Labute approximate surface area is 114 Å². The van der Waals surface area contributed by atoms with Gasteiger partial charge in [0.2, 0.25) is 5.91 Å². The molecule has 0 bridgehead atoms. The minimum atomic E-state index is 0.0682. The first-order valence-corrected chi connectivity index (χ1v) is 6.79. The van der Waals surface area contributed by atoms with Crippen LogP contribution in [0.15, 0.2) is 18.2 Å². The molecule has 4 nitrogen and oxygen atoms in total. The first kappa shape index (κ1) is 13.9. The van der Waals surface area contributed by atoms with Crippen LogP contribution < -0.4 is 15.4 Å². The fraction of sp³-hybridized carbons (Fsp3) is 0.533. The third kappa shape index (κ3) is 3.47. The van der Waals surface area contributed by atoms with Gasteiger partial charge in [-0.05, 0) is 50.5 Å². The third-order valence-electron chi connectivity index (χ3n) is 3.69. The number of piperidine rings is 1. The Morgan fingerprint density at radius 2 is 2.21 bits per heavy atom. The summed E-state index contributed by atoms with van der Waals surface area (Å²) in [6.07, 6.45) is 2.01. The predicted molar refractivity (Wildman–Crippen MR) is 76.5 cm³/mol. The molecule has 4 heteroatoms. The number of amides is 1. The van der Waals surface area contributed by atoms with Crippen molar-refractivity contribution < 1.29 is 9.53 Å². The summed E-state index contributed by atoms with van der Waals surface area (Å²) >= 11 is 0. The lowest BCUT2D eigenvalue weighted by molar-refractivity contribution is -0.120. The lowest BCUT2D eigenvalue weighted by Gasteiger charge is -2.26. The van der Waals surface area contributed by atoms with E-state index in [1.54, 1.807) is 7.11 Å². The monoisotopic (exact) mass is 262 g/mol. The van der Waals surface area contributed by atoms with E-state index in [9.17, 15) is 4.79 Å². The molecule has 2 atom stereocenters. The van der Waals surface area contributed by atoms with Crippen molar-refractivity contribution in [2.45, 2.75) is 32.7 Å². The second kappa shape index (κ2) is 6.06. The van der Waals surface area contributed by atoms with Crippen LogP contribution in [0.25, 0.3) is 0 Å². The summed E-state index contributed by atoms with van der Waals surface area (Å²) in [6, 6.07) is 6.22. The summed E-state index contributed by atoms with van der Waals surface area (Å²) in [5.41, 5.74) is 1.86. The molecule has 2 N–H and O–H groups in total. The number of carbonyl (C=O) groups excluding carboxylic acids is 1. The maximum absolute atomic E-state index is 12.2. The molecule has 1 fully saturated rings. The SMILES string of the molecule is COc1ccc(NC(=O)C2CCC(C)NC2)cc1C. The molecule has 1 amide bonds. The number of benzene rings is 1. The van der Waals surface area contributed by atoms with E-state index >= 15 is 0 Å². The molecule has 1 aliphatic heterocycles. The molecule has 0 aromatic heterocycles. The van der Waals surface area contributed by atoms with Crippen molar-refractivity contribution in [1.29, 1.82) is 0 Å². The molecule has 1 aromatic carbocycles. The van der Waals surface area contributed by atoms with Gasteiger partial charge in [0.15, 0.2) is 0 Å². The minimum Gasteiger partial charge on any atom is -0.496 e. The van der Waals surface area contributed by atoms with E-state index in [0.29, 0.717) is 6.04 Å². The molecule has 2 rings (SSSR count). The van der Waals surface area contributed by atoms with Crippen molar-refractivity contribution >= 4 is 11.6 Å². The number of anilines is 1. The van der Waals surface area contributed by atoms with Gasteiger partial charge in [0.1, 0.15) is 5.75 Å². The molecule has 0 saturated carbocycles. The maximum Gasteiger partial charge on any atom is 0.228 e. The molecular formula is C15H22N2O2. The molecule has 104 valence electrons. The average Bonchev–Trinajstić information content (AvgIpc) is 2.39. The van der Waals surface area contributed by atoms with Crippen LogP contribution in [0.5, 0.6) is 5.75 Å². The van der Waals surface area contributed by atoms with E-state index in [1.165, 1.54) is 0 Å². The Hall–Kier alpha value is -1.55. The number of rotatable bonds is 3. The Kier molecular flexibility index (Phi) is 4.43. The van der Waals surface area contributed by atoms with Crippen LogP contribution in [0.4, 0.5) is 5.69 Å². The number of aryl methyl sites for hydroxylation is 1. The fourth-order valence-corrected chi connectivity index (χ4v) is 2.42. The van der Waals surface area contributed by atoms with Gasteiger partial charge in [0.05, 0.1) is 13.0 Å². The van der Waals surface area contributed by atoms with Crippen molar-refractivity contribution in [2.75, 3.05) is 19.0 Å². The Morgan fingerprint density at radius 3 is 2.79 bits per heavy atom. The molecule has 0 aliphatic carbocycles. The van der Waals surface area contributed by atoms with E-state index in [-0.39, 0.29) is 11.8 Å². The Balaban J connectivity index is 1.97. The van der Waals surface area contributed by atoms with Gasteiger partial charge >= 0.3 is 0 Å². The second-order valence-corrected chi connectivity index (χ2v) is 5.26. The topological polar surface area (TPSA) is 50.4 Å². The summed E-state index contributed by atoms with van der Waals surface area (Å²) in [4.78, 5) is 12.2. The van der Waals surface area contributed by atoms with Crippen molar-refractivity contribution in [2.24, 2.45) is 5.92 Å². The molecule has 1 heterocycles. The summed E-state index contributed by atoms with van der Waals surface area (Å²) in [5.74, 6) is 1.01. The Bertz CT molecular complexity index is 451. The number of carbonyl (C=O) groups is 1. The van der Waals surface area contributed by atoms with Crippen LogP contribution in [-0.4, -0.2) is 25.6 Å². The second-order valence-electron chi connectivity index (χ2n) is 5.26. The number of ether oxygens (including phenoxy) is 1. The van der Waals surface area contributed by atoms with Crippen molar-refractivity contribution in [3.63, 3.8) is 0 Å². The first-order valence-electron chi connectivity index (χ1n) is 6.79. The fourth-order valence-electron chi connectivity index (χ4n) is 2.42. The minimum absolute atomic E-state index is 0.0682. The third-order valence-corrected chi connectivity index (χ3v) is 3.69. The number of nitrogens with one attached hydrogen (secondary N) is 2. The lowest BCUT2D eigenvalue weighted by atomic mass is 9.94. The molecule has 0 radical (unpaired) electrons. The molecule has 2 unspecified atom stereocenters. The standard InChI is InChI=1S/C15H22N2O2/c1-10-8-13(6-7-14(10)19-3)17-15(18)12-5-4-11(2)16-9-12/h6-8,11-12,16H,4-5,9H2,1-3H3,(H,17,18). The zero-order chi connectivity index (χ0) is 13.8. The van der Waals surface area contributed by atoms with Crippen LogP contribution in [-0.2, 0) is 4.79 Å². The number of hydrogen-bond acceptors (Lipinski definition) is 3. The highest BCUT2D eigenvalue weighted by Crippen LogP contribution is 2.22. The maximum atomic E-state index is 12.2. The van der Waals surface area contributed by atoms with Gasteiger partial charge < -0.3 is 15.4 Å². The van der Waals surface area contributed by atoms with Gasteiger partial charge in [-0.3, -0.25) is 4.79 Å². The zero-order valence-corrected chi connectivity index (χ0v) is 11.8. The van der Waals surface area contributed by atoms with E-state index < -0.39 is 0 Å². The highest BCUT2D eigenvalue weighted by Gasteiger charge is 2.23. The lowest BCUT2D eigenvalue weighted by Crippen LogP contribution is -2.41. The Morgan fingerprint density at radius 1 is 1.42 bits per heavy atom. The van der Waals surface area contributed by atoms with Crippen LogP contribution in [0.2, 0.25) is 0 Å². The van der Waals surface area contributed by atoms with Gasteiger partial charge in [-0.2, -0.15) is 0 Å². The normalized spacial score (nSPS) is 22.9. The first-order chi connectivity index (χ1) is 9.10. The predicted octanol–water partition coefficient (Wildman–Crippen LogP) is 2.33. The van der Waals surface area contributed by atoms with Crippen LogP contribution in [0.3, 0.4) is 0 Å². The van der Waals surface area contributed by atoms with Gasteiger partial charge in [-0.25, -0.2) is 0 Å².